The molecule has 0 saturated heterocycles. The number of thioether (sulfide) groups is 1. The van der Waals surface area contributed by atoms with E-state index in [0.717, 1.165) is 18.0 Å². The Balaban J connectivity index is 1.64. The highest BCUT2D eigenvalue weighted by Gasteiger charge is 2.28. The van der Waals surface area contributed by atoms with Gasteiger partial charge >= 0.3 is 0 Å². The number of nitrogens with one attached hydrogen (secondary N) is 1. The van der Waals surface area contributed by atoms with Crippen LogP contribution in [-0.2, 0) is 4.79 Å². The Kier molecular flexibility index (Phi) is 4.47. The molecule has 1 heterocycles. The fourth-order valence-corrected chi connectivity index (χ4v) is 3.09. The van der Waals surface area contributed by atoms with Crippen LogP contribution in [0, 0.1) is 0 Å². The van der Waals surface area contributed by atoms with Crippen molar-refractivity contribution in [1.29, 1.82) is 0 Å². The van der Waals surface area contributed by atoms with Gasteiger partial charge in [0, 0.05) is 17.3 Å². The molecule has 120 valence electrons. The molecule has 1 atom stereocenters. The average molecular weight is 330 g/mol. The summed E-state index contributed by atoms with van der Waals surface area (Å²) in [6.45, 7) is 3.34. The van der Waals surface area contributed by atoms with E-state index in [9.17, 15) is 9.59 Å². The summed E-state index contributed by atoms with van der Waals surface area (Å²) in [5.74, 6) is -0.151. The monoisotopic (exact) mass is 330 g/mol. The minimum atomic E-state index is -0.308. The zero-order valence-electron chi connectivity index (χ0n) is 13.0. The number of carbonyl (C=O) groups is 2. The Labute approximate surface area is 138 Å². The molecule has 1 fully saturated rings. The van der Waals surface area contributed by atoms with Gasteiger partial charge in [0.25, 0.3) is 0 Å². The van der Waals surface area contributed by atoms with Crippen LogP contribution in [0.5, 0.6) is 0 Å². The Morgan fingerprint density at radius 2 is 2.17 bits per heavy atom. The Bertz CT molecular complexity index is 739. The lowest BCUT2D eigenvalue weighted by Crippen LogP contribution is -2.23. The van der Waals surface area contributed by atoms with Gasteiger partial charge in [-0.2, -0.15) is 0 Å². The SMILES string of the molecule is CC(=O)c1cccc(NC(=O)[C@@H](C)Sc2nncn2C2CC2)c1. The lowest BCUT2D eigenvalue weighted by molar-refractivity contribution is -0.115. The minimum absolute atomic E-state index is 0.0268. The normalized spacial score (nSPS) is 15.2. The first-order valence-electron chi connectivity index (χ1n) is 7.52. The summed E-state index contributed by atoms with van der Waals surface area (Å²) in [5, 5.41) is 11.3. The number of hydrogen-bond acceptors (Lipinski definition) is 5. The molecule has 1 amide bonds. The highest BCUT2D eigenvalue weighted by Crippen LogP contribution is 2.38. The zero-order valence-corrected chi connectivity index (χ0v) is 13.8. The first-order valence-corrected chi connectivity index (χ1v) is 8.40. The lowest BCUT2D eigenvalue weighted by atomic mass is 10.1. The van der Waals surface area contributed by atoms with E-state index in [2.05, 4.69) is 15.5 Å². The quantitative estimate of drug-likeness (QED) is 0.651. The summed E-state index contributed by atoms with van der Waals surface area (Å²) in [5.41, 5.74) is 1.20. The number of carbonyl (C=O) groups excluding carboxylic acids is 2. The topological polar surface area (TPSA) is 76.9 Å². The van der Waals surface area contributed by atoms with Crippen molar-refractivity contribution in [3.8, 4) is 0 Å². The molecule has 0 unspecified atom stereocenters. The van der Waals surface area contributed by atoms with E-state index >= 15 is 0 Å². The van der Waals surface area contributed by atoms with Crippen LogP contribution >= 0.6 is 11.8 Å². The molecule has 1 aliphatic carbocycles. The largest absolute Gasteiger partial charge is 0.325 e. The van der Waals surface area contributed by atoms with E-state index in [-0.39, 0.29) is 16.9 Å². The molecular weight excluding hydrogens is 312 g/mol. The van der Waals surface area contributed by atoms with Crippen LogP contribution in [0.15, 0.2) is 35.7 Å². The third kappa shape index (κ3) is 3.79. The zero-order chi connectivity index (χ0) is 16.4. The number of Topliss-reactive ketones (excluding diaryl/α,β-unsaturated/α-hetero) is 1. The van der Waals surface area contributed by atoms with Gasteiger partial charge in [-0.3, -0.25) is 9.59 Å². The first kappa shape index (κ1) is 15.7. The third-order valence-electron chi connectivity index (χ3n) is 3.67. The molecule has 2 aromatic rings. The maximum Gasteiger partial charge on any atom is 0.237 e. The molecule has 0 radical (unpaired) electrons. The van der Waals surface area contributed by atoms with Crippen molar-refractivity contribution < 1.29 is 9.59 Å². The number of aromatic nitrogens is 3. The summed E-state index contributed by atoms with van der Waals surface area (Å²) >= 11 is 1.39. The van der Waals surface area contributed by atoms with Crippen LogP contribution in [0.4, 0.5) is 5.69 Å². The molecule has 1 saturated carbocycles. The standard InChI is InChI=1S/C16H18N4O2S/c1-10(21)12-4-3-5-13(8-12)18-15(22)11(2)23-16-19-17-9-20(16)14-6-7-14/h3-5,8-9,11,14H,6-7H2,1-2H3,(H,18,22)/t11-/m1/s1. The van der Waals surface area contributed by atoms with Gasteiger partial charge in [-0.15, -0.1) is 10.2 Å². The predicted octanol–water partition coefficient (Wildman–Crippen LogP) is 2.93. The summed E-state index contributed by atoms with van der Waals surface area (Å²) in [7, 11) is 0. The summed E-state index contributed by atoms with van der Waals surface area (Å²) < 4.78 is 2.03. The van der Waals surface area contributed by atoms with Crippen LogP contribution in [0.2, 0.25) is 0 Å². The highest BCUT2D eigenvalue weighted by molar-refractivity contribution is 8.00. The average Bonchev–Trinajstić information content (AvgIpc) is 3.27. The van der Waals surface area contributed by atoms with Crippen molar-refractivity contribution in [3.05, 3.63) is 36.2 Å². The smallest absolute Gasteiger partial charge is 0.237 e. The van der Waals surface area contributed by atoms with Gasteiger partial charge in [-0.1, -0.05) is 23.9 Å². The van der Waals surface area contributed by atoms with Gasteiger partial charge in [0.1, 0.15) is 6.33 Å². The number of anilines is 1. The van der Waals surface area contributed by atoms with Gasteiger partial charge in [-0.05, 0) is 38.8 Å². The van der Waals surface area contributed by atoms with Crippen molar-refractivity contribution >= 4 is 29.1 Å². The van der Waals surface area contributed by atoms with Crippen LogP contribution in [0.25, 0.3) is 0 Å². The van der Waals surface area contributed by atoms with E-state index in [1.54, 1.807) is 30.6 Å². The second-order valence-corrected chi connectivity index (χ2v) is 6.95. The maximum atomic E-state index is 12.3. The molecule has 0 bridgehead atoms. The lowest BCUT2D eigenvalue weighted by Gasteiger charge is -2.12. The van der Waals surface area contributed by atoms with Crippen LogP contribution in [0.3, 0.4) is 0 Å². The molecule has 1 N–H and O–H groups in total. The molecule has 7 heteroatoms. The summed E-state index contributed by atoms with van der Waals surface area (Å²) in [4.78, 5) is 23.7. The van der Waals surface area contributed by atoms with Crippen molar-refractivity contribution in [3.63, 3.8) is 0 Å². The number of amides is 1. The molecule has 0 spiro atoms. The molecule has 1 aromatic heterocycles. The second-order valence-electron chi connectivity index (χ2n) is 5.64. The fourth-order valence-electron chi connectivity index (χ4n) is 2.19. The van der Waals surface area contributed by atoms with Gasteiger partial charge in [-0.25, -0.2) is 0 Å². The van der Waals surface area contributed by atoms with Gasteiger partial charge < -0.3 is 9.88 Å². The van der Waals surface area contributed by atoms with Crippen molar-refractivity contribution in [2.45, 2.75) is 43.1 Å². The van der Waals surface area contributed by atoms with Crippen molar-refractivity contribution in [2.75, 3.05) is 5.32 Å². The van der Waals surface area contributed by atoms with Crippen LogP contribution < -0.4 is 5.32 Å². The van der Waals surface area contributed by atoms with E-state index in [4.69, 9.17) is 0 Å². The van der Waals surface area contributed by atoms with Crippen LogP contribution in [0.1, 0.15) is 43.1 Å². The van der Waals surface area contributed by atoms with Crippen LogP contribution in [-0.4, -0.2) is 31.7 Å². The van der Waals surface area contributed by atoms with Crippen molar-refractivity contribution in [1.82, 2.24) is 14.8 Å². The minimum Gasteiger partial charge on any atom is -0.325 e. The molecule has 6 nitrogen and oxygen atoms in total. The van der Waals surface area contributed by atoms with Gasteiger partial charge in [0.2, 0.25) is 5.91 Å². The number of rotatable bonds is 6. The Hall–Kier alpha value is -2.15. The van der Waals surface area contributed by atoms with Crippen molar-refractivity contribution in [2.24, 2.45) is 0 Å². The molecule has 3 rings (SSSR count). The number of hydrogen-bond donors (Lipinski definition) is 1. The highest BCUT2D eigenvalue weighted by atomic mass is 32.2. The molecule has 23 heavy (non-hydrogen) atoms. The second kappa shape index (κ2) is 6.54. The van der Waals surface area contributed by atoms with E-state index in [1.807, 2.05) is 11.5 Å². The van der Waals surface area contributed by atoms with E-state index in [0.29, 0.717) is 17.3 Å². The Morgan fingerprint density at radius 1 is 1.39 bits per heavy atom. The van der Waals surface area contributed by atoms with E-state index < -0.39 is 0 Å². The number of benzene rings is 1. The molecular formula is C16H18N4O2S. The van der Waals surface area contributed by atoms with Gasteiger partial charge in [0.15, 0.2) is 10.9 Å². The van der Waals surface area contributed by atoms with E-state index in [1.165, 1.54) is 18.7 Å². The number of nitrogens with zero attached hydrogens (tertiary/aromatic N) is 3. The molecule has 1 aliphatic rings. The predicted molar refractivity (Wildman–Crippen MR) is 88.7 cm³/mol. The first-order chi connectivity index (χ1) is 11.0. The fraction of sp³-hybridized carbons (Fsp3) is 0.375. The van der Waals surface area contributed by atoms with Gasteiger partial charge in [0.05, 0.1) is 5.25 Å². The third-order valence-corrected chi connectivity index (χ3v) is 4.74. The Morgan fingerprint density at radius 3 is 2.87 bits per heavy atom. The maximum absolute atomic E-state index is 12.3. The molecule has 1 aromatic carbocycles. The summed E-state index contributed by atoms with van der Waals surface area (Å²) in [6.07, 6.45) is 4.01. The number of ketones is 1. The summed E-state index contributed by atoms with van der Waals surface area (Å²) in [6, 6.07) is 7.43. The molecule has 0 aliphatic heterocycles.